The zero-order valence-corrected chi connectivity index (χ0v) is 17.5. The molecule has 156 valence electrons. The molecule has 0 radical (unpaired) electrons. The van der Waals surface area contributed by atoms with E-state index in [4.69, 9.17) is 9.47 Å². The second-order valence-corrected chi connectivity index (χ2v) is 8.68. The van der Waals surface area contributed by atoms with Crippen molar-refractivity contribution in [1.29, 1.82) is 0 Å². The summed E-state index contributed by atoms with van der Waals surface area (Å²) in [7, 11) is -2.07. The number of methoxy groups -OCH3 is 1. The van der Waals surface area contributed by atoms with Gasteiger partial charge < -0.3 is 14.8 Å². The van der Waals surface area contributed by atoms with E-state index in [2.05, 4.69) is 5.32 Å². The molecule has 0 unspecified atom stereocenters. The van der Waals surface area contributed by atoms with E-state index >= 15 is 0 Å². The quantitative estimate of drug-likeness (QED) is 0.744. The molecule has 0 spiro atoms. The Balaban J connectivity index is 1.79. The van der Waals surface area contributed by atoms with Crippen LogP contribution in [-0.2, 0) is 10.0 Å². The third-order valence-corrected chi connectivity index (χ3v) is 6.67. The fourth-order valence-electron chi connectivity index (χ4n) is 3.28. The molecule has 2 aromatic rings. The number of ether oxygens (including phenoxy) is 2. The lowest BCUT2D eigenvalue weighted by atomic mass is 10.2. The van der Waals surface area contributed by atoms with Gasteiger partial charge in [-0.05, 0) is 50.1 Å². The topological polar surface area (TPSA) is 84.9 Å². The number of carbonyl (C=O) groups is 1. The van der Waals surface area contributed by atoms with Crippen molar-refractivity contribution in [3.63, 3.8) is 0 Å². The van der Waals surface area contributed by atoms with Crippen molar-refractivity contribution in [2.75, 3.05) is 32.1 Å². The number of sulfonamides is 1. The Bertz CT molecular complexity index is 969. The maximum absolute atomic E-state index is 12.9. The molecule has 1 aliphatic heterocycles. The summed E-state index contributed by atoms with van der Waals surface area (Å²) in [6.45, 7) is 3.41. The number of amides is 1. The smallest absolute Gasteiger partial charge is 0.255 e. The molecule has 0 saturated carbocycles. The van der Waals surface area contributed by atoms with E-state index in [-0.39, 0.29) is 10.5 Å². The predicted octanol–water partition coefficient (Wildman–Crippen LogP) is 3.52. The molecule has 1 amide bonds. The van der Waals surface area contributed by atoms with Crippen LogP contribution >= 0.6 is 0 Å². The van der Waals surface area contributed by atoms with Crippen molar-refractivity contribution < 1.29 is 22.7 Å². The van der Waals surface area contributed by atoms with Crippen LogP contribution in [0.1, 0.15) is 36.5 Å². The summed E-state index contributed by atoms with van der Waals surface area (Å²) in [6, 6.07) is 11.2. The molecule has 8 heteroatoms. The van der Waals surface area contributed by atoms with Crippen LogP contribution in [0.15, 0.2) is 47.4 Å². The van der Waals surface area contributed by atoms with E-state index in [0.717, 1.165) is 19.3 Å². The monoisotopic (exact) mass is 418 g/mol. The molecule has 0 atom stereocenters. The molecular formula is C21H26N2O5S. The van der Waals surface area contributed by atoms with Crippen molar-refractivity contribution >= 4 is 21.6 Å². The van der Waals surface area contributed by atoms with E-state index in [1.165, 1.54) is 23.5 Å². The number of rotatable bonds is 7. The average Bonchev–Trinajstić information content (AvgIpc) is 2.75. The molecule has 0 bridgehead atoms. The number of anilines is 1. The fraction of sp³-hybridized carbons (Fsp3) is 0.381. The van der Waals surface area contributed by atoms with Crippen molar-refractivity contribution in [2.24, 2.45) is 0 Å². The summed E-state index contributed by atoms with van der Waals surface area (Å²) in [6.07, 6.45) is 2.76. The van der Waals surface area contributed by atoms with Crippen LogP contribution in [0.25, 0.3) is 0 Å². The minimum Gasteiger partial charge on any atom is -0.493 e. The summed E-state index contributed by atoms with van der Waals surface area (Å²) in [5.41, 5.74) is 0.801. The Labute approximate surface area is 171 Å². The molecule has 3 rings (SSSR count). The lowest BCUT2D eigenvalue weighted by Crippen LogP contribution is -2.35. The lowest BCUT2D eigenvalue weighted by molar-refractivity contribution is 0.102. The van der Waals surface area contributed by atoms with Gasteiger partial charge in [-0.25, -0.2) is 8.42 Å². The van der Waals surface area contributed by atoms with Gasteiger partial charge in [-0.15, -0.1) is 0 Å². The van der Waals surface area contributed by atoms with Crippen molar-refractivity contribution in [3.8, 4) is 11.5 Å². The molecular weight excluding hydrogens is 392 g/mol. The van der Waals surface area contributed by atoms with Crippen LogP contribution in [0.5, 0.6) is 11.5 Å². The first-order chi connectivity index (χ1) is 14.0. The number of nitrogens with one attached hydrogen (secondary N) is 1. The van der Waals surface area contributed by atoms with Crippen LogP contribution in [0.2, 0.25) is 0 Å². The highest BCUT2D eigenvalue weighted by atomic mass is 32.2. The second kappa shape index (κ2) is 9.28. The molecule has 1 saturated heterocycles. The van der Waals surface area contributed by atoms with Gasteiger partial charge in [-0.3, -0.25) is 4.79 Å². The van der Waals surface area contributed by atoms with Gasteiger partial charge in [0.1, 0.15) is 0 Å². The van der Waals surface area contributed by atoms with Gasteiger partial charge in [0.05, 0.1) is 18.6 Å². The normalized spacial score (nSPS) is 15.0. The average molecular weight is 419 g/mol. The molecule has 0 aliphatic carbocycles. The molecule has 1 N–H and O–H groups in total. The Morgan fingerprint density at radius 1 is 1.07 bits per heavy atom. The van der Waals surface area contributed by atoms with E-state index in [1.807, 2.05) is 6.92 Å². The molecule has 2 aromatic carbocycles. The third-order valence-electron chi connectivity index (χ3n) is 4.77. The Morgan fingerprint density at radius 2 is 1.83 bits per heavy atom. The van der Waals surface area contributed by atoms with Gasteiger partial charge in [0.15, 0.2) is 11.5 Å². The Hall–Kier alpha value is -2.58. The minimum atomic E-state index is -3.60. The SMILES string of the molecule is CCOc1ccc(NC(=O)c2cccc(S(=O)(=O)N3CCCCC3)c2)cc1OC. The maximum Gasteiger partial charge on any atom is 0.255 e. The summed E-state index contributed by atoms with van der Waals surface area (Å²) in [4.78, 5) is 12.8. The number of hydrogen-bond acceptors (Lipinski definition) is 5. The Morgan fingerprint density at radius 3 is 2.52 bits per heavy atom. The van der Waals surface area contributed by atoms with E-state index in [9.17, 15) is 13.2 Å². The standard InChI is InChI=1S/C21H26N2O5S/c1-3-28-19-11-10-17(15-20(19)27-2)22-21(24)16-8-7-9-18(14-16)29(25,26)23-12-5-4-6-13-23/h7-11,14-15H,3-6,12-13H2,1-2H3,(H,22,24). The van der Waals surface area contributed by atoms with Crippen molar-refractivity contribution in [1.82, 2.24) is 4.31 Å². The molecule has 1 heterocycles. The molecule has 1 fully saturated rings. The van der Waals surface area contributed by atoms with Crippen molar-refractivity contribution in [3.05, 3.63) is 48.0 Å². The van der Waals surface area contributed by atoms with Gasteiger partial charge in [-0.1, -0.05) is 12.5 Å². The van der Waals surface area contributed by atoms with Crippen LogP contribution < -0.4 is 14.8 Å². The number of nitrogens with zero attached hydrogens (tertiary/aromatic N) is 1. The highest BCUT2D eigenvalue weighted by Crippen LogP contribution is 2.30. The van der Waals surface area contributed by atoms with Crippen LogP contribution in [0, 0.1) is 0 Å². The minimum absolute atomic E-state index is 0.135. The van der Waals surface area contributed by atoms with Gasteiger partial charge in [0.2, 0.25) is 10.0 Å². The van der Waals surface area contributed by atoms with Crippen molar-refractivity contribution in [2.45, 2.75) is 31.1 Å². The number of hydrogen-bond donors (Lipinski definition) is 1. The lowest BCUT2D eigenvalue weighted by Gasteiger charge is -2.26. The maximum atomic E-state index is 12.9. The summed E-state index contributed by atoms with van der Waals surface area (Å²) >= 11 is 0. The highest BCUT2D eigenvalue weighted by Gasteiger charge is 2.26. The summed E-state index contributed by atoms with van der Waals surface area (Å²) in [5, 5.41) is 2.78. The molecule has 29 heavy (non-hydrogen) atoms. The van der Waals surface area contributed by atoms with Crippen LogP contribution in [-0.4, -0.2) is 45.4 Å². The molecule has 7 nitrogen and oxygen atoms in total. The predicted molar refractivity (Wildman–Crippen MR) is 111 cm³/mol. The summed E-state index contributed by atoms with van der Waals surface area (Å²) < 4.78 is 38.0. The Kier molecular flexibility index (Phi) is 6.76. The van der Waals surface area contributed by atoms with Gasteiger partial charge in [0.25, 0.3) is 5.91 Å². The van der Waals surface area contributed by atoms with Crippen LogP contribution in [0.3, 0.4) is 0 Å². The second-order valence-electron chi connectivity index (χ2n) is 6.75. The fourth-order valence-corrected chi connectivity index (χ4v) is 4.84. The number of carbonyl (C=O) groups excluding carboxylic acids is 1. The largest absolute Gasteiger partial charge is 0.493 e. The number of piperidine rings is 1. The highest BCUT2D eigenvalue weighted by molar-refractivity contribution is 7.89. The van der Waals surface area contributed by atoms with Crippen LogP contribution in [0.4, 0.5) is 5.69 Å². The summed E-state index contributed by atoms with van der Waals surface area (Å²) in [5.74, 6) is 0.695. The molecule has 1 aliphatic rings. The first-order valence-electron chi connectivity index (χ1n) is 9.68. The van der Waals surface area contributed by atoms with Gasteiger partial charge in [0, 0.05) is 30.4 Å². The third kappa shape index (κ3) is 4.89. The zero-order chi connectivity index (χ0) is 20.9. The van der Waals surface area contributed by atoms with Gasteiger partial charge >= 0.3 is 0 Å². The first kappa shape index (κ1) is 21.1. The zero-order valence-electron chi connectivity index (χ0n) is 16.7. The molecule has 0 aromatic heterocycles. The van der Waals surface area contributed by atoms with E-state index in [1.54, 1.807) is 30.3 Å². The van der Waals surface area contributed by atoms with E-state index < -0.39 is 15.9 Å². The van der Waals surface area contributed by atoms with Gasteiger partial charge in [-0.2, -0.15) is 4.31 Å². The van der Waals surface area contributed by atoms with E-state index in [0.29, 0.717) is 36.9 Å². The first-order valence-corrected chi connectivity index (χ1v) is 11.1. The number of benzene rings is 2.